The van der Waals surface area contributed by atoms with E-state index in [-0.39, 0.29) is 43.5 Å². The number of allylic oxidation sites excluding steroid dienone is 2. The maximum atomic E-state index is 11.7. The molecule has 0 aliphatic rings. The van der Waals surface area contributed by atoms with Gasteiger partial charge in [0, 0.05) is 44.2 Å². The fourth-order valence-electron chi connectivity index (χ4n) is 8.25. The fourth-order valence-corrected chi connectivity index (χ4v) is 8.25. The molecule has 4 heteroatoms. The third kappa shape index (κ3) is 10.2. The number of fused-ring (bicyclic) bond motifs is 5. The van der Waals surface area contributed by atoms with Gasteiger partial charge in [-0.3, -0.25) is 4.79 Å². The summed E-state index contributed by atoms with van der Waals surface area (Å²) in [7, 11) is 0. The molecule has 6 aromatic rings. The maximum absolute atomic E-state index is 11.7. The number of hydrogen-bond acceptors (Lipinski definition) is 3. The molecule has 0 saturated heterocycles. The first-order valence-corrected chi connectivity index (χ1v) is 20.7. The van der Waals surface area contributed by atoms with Gasteiger partial charge in [-0.25, -0.2) is 0 Å². The number of benzene rings is 5. The Hall–Kier alpha value is -4.11. The van der Waals surface area contributed by atoms with Gasteiger partial charge >= 0.3 is 0 Å². The number of rotatable bonds is 13. The van der Waals surface area contributed by atoms with Crippen molar-refractivity contribution in [2.45, 2.75) is 108 Å². The Kier molecular flexibility index (Phi) is 16.2. The molecule has 56 heavy (non-hydrogen) atoms. The average Bonchev–Trinajstić information content (AvgIpc) is 3.15. The normalized spacial score (nSPS) is 11.9. The van der Waals surface area contributed by atoms with Crippen LogP contribution in [-0.4, -0.2) is 15.9 Å². The molecule has 3 nitrogen and oxygen atoms in total. The molecule has 1 N–H and O–H groups in total. The van der Waals surface area contributed by atoms with Crippen molar-refractivity contribution < 1.29 is 30.0 Å². The van der Waals surface area contributed by atoms with Crippen LogP contribution in [0, 0.1) is 43.6 Å². The van der Waals surface area contributed by atoms with Crippen LogP contribution in [0.5, 0.6) is 0 Å². The molecule has 0 unspecified atom stereocenters. The zero-order valence-corrected chi connectivity index (χ0v) is 37.7. The van der Waals surface area contributed by atoms with Gasteiger partial charge in [0.25, 0.3) is 0 Å². The topological polar surface area (TPSA) is 50.2 Å². The van der Waals surface area contributed by atoms with Crippen molar-refractivity contribution in [1.29, 1.82) is 0 Å². The molecule has 0 amide bonds. The third-order valence-electron chi connectivity index (χ3n) is 11.1. The van der Waals surface area contributed by atoms with Gasteiger partial charge in [-0.15, -0.1) is 34.9 Å². The van der Waals surface area contributed by atoms with Gasteiger partial charge in [-0.05, 0) is 137 Å². The quantitative estimate of drug-likeness (QED) is 0.0543. The number of aliphatic hydroxyl groups is 1. The van der Waals surface area contributed by atoms with Crippen molar-refractivity contribution in [3.8, 4) is 22.4 Å². The summed E-state index contributed by atoms with van der Waals surface area (Å²) in [5.74, 6) is 1.73. The number of ketones is 1. The van der Waals surface area contributed by atoms with Gasteiger partial charge in [0.05, 0.1) is 5.76 Å². The second kappa shape index (κ2) is 20.4. The van der Waals surface area contributed by atoms with Crippen molar-refractivity contribution >= 4 is 38.1 Å². The minimum absolute atomic E-state index is 0. The molecular weight excluding hydrogens is 863 g/mol. The molecule has 297 valence electrons. The number of aliphatic hydroxyl groups excluding tert-OH is 1. The van der Waals surface area contributed by atoms with Crippen molar-refractivity contribution in [1.82, 2.24) is 4.98 Å². The number of aromatic nitrogens is 1. The Labute approximate surface area is 350 Å². The molecule has 0 atom stereocenters. The molecular formula is C52H62IrNO2-. The molecule has 0 aliphatic carbocycles. The molecule has 0 spiro atoms. The van der Waals surface area contributed by atoms with E-state index in [2.05, 4.69) is 126 Å². The van der Waals surface area contributed by atoms with Gasteiger partial charge in [0.1, 0.15) is 0 Å². The van der Waals surface area contributed by atoms with Gasteiger partial charge < -0.3 is 10.1 Å². The first kappa shape index (κ1) is 44.6. The van der Waals surface area contributed by atoms with Crippen molar-refractivity contribution in [3.63, 3.8) is 0 Å². The maximum Gasteiger partial charge on any atom is 0.162 e. The number of hydrogen-bond donors (Lipinski definition) is 1. The third-order valence-corrected chi connectivity index (χ3v) is 11.1. The predicted octanol–water partition coefficient (Wildman–Crippen LogP) is 14.6. The zero-order chi connectivity index (χ0) is 39.8. The van der Waals surface area contributed by atoms with E-state index >= 15 is 0 Å². The summed E-state index contributed by atoms with van der Waals surface area (Å²) in [6.45, 7) is 21.7. The molecule has 0 aliphatic heterocycles. The Morgan fingerprint density at radius 3 is 1.86 bits per heavy atom. The number of carbonyl (C=O) groups excluding carboxylic acids is 1. The van der Waals surface area contributed by atoms with Crippen LogP contribution in [-0.2, 0) is 37.7 Å². The number of nitrogens with zero attached hydrogens (tertiary/aromatic N) is 1. The van der Waals surface area contributed by atoms with E-state index in [1.165, 1.54) is 71.8 Å². The summed E-state index contributed by atoms with van der Waals surface area (Å²) >= 11 is 0. The molecule has 0 bridgehead atoms. The van der Waals surface area contributed by atoms with Crippen LogP contribution >= 0.6 is 0 Å². The molecule has 1 radical (unpaired) electrons. The molecule has 1 heterocycles. The number of carbonyl (C=O) groups is 1. The Morgan fingerprint density at radius 2 is 1.25 bits per heavy atom. The van der Waals surface area contributed by atoms with E-state index in [1.54, 1.807) is 0 Å². The van der Waals surface area contributed by atoms with E-state index < -0.39 is 0 Å². The summed E-state index contributed by atoms with van der Waals surface area (Å²) in [4.78, 5) is 16.7. The summed E-state index contributed by atoms with van der Waals surface area (Å²) in [5.41, 5.74) is 10.0. The zero-order valence-electron chi connectivity index (χ0n) is 35.3. The van der Waals surface area contributed by atoms with Crippen LogP contribution in [0.2, 0.25) is 0 Å². The fraction of sp³-hybridized carbons (Fsp3) is 0.385. The minimum Gasteiger partial charge on any atom is -0.512 e. The Balaban J connectivity index is 0.000000372. The van der Waals surface area contributed by atoms with Gasteiger partial charge in [0.15, 0.2) is 5.78 Å². The minimum atomic E-state index is 0. The number of pyridine rings is 1. The summed E-state index contributed by atoms with van der Waals surface area (Å²) < 4.78 is 0. The summed E-state index contributed by atoms with van der Waals surface area (Å²) in [6.07, 6.45) is 8.98. The molecule has 0 fully saturated rings. The van der Waals surface area contributed by atoms with Crippen molar-refractivity contribution in [3.05, 3.63) is 125 Å². The average molecular weight is 925 g/mol. The molecule has 0 saturated carbocycles. The molecule has 1 aromatic heterocycles. The van der Waals surface area contributed by atoms with Crippen LogP contribution in [0.1, 0.15) is 103 Å². The largest absolute Gasteiger partial charge is 0.512 e. The first-order chi connectivity index (χ1) is 26.4. The molecule has 6 rings (SSSR count). The van der Waals surface area contributed by atoms with Crippen LogP contribution in [0.4, 0.5) is 0 Å². The first-order valence-electron chi connectivity index (χ1n) is 20.7. The van der Waals surface area contributed by atoms with E-state index in [9.17, 15) is 9.90 Å². The summed E-state index contributed by atoms with van der Waals surface area (Å²) in [6, 6.07) is 33.1. The Bertz CT molecular complexity index is 2240. The monoisotopic (exact) mass is 925 g/mol. The second-order valence-electron chi connectivity index (χ2n) is 16.3. The van der Waals surface area contributed by atoms with Gasteiger partial charge in [0.2, 0.25) is 0 Å². The van der Waals surface area contributed by atoms with Crippen molar-refractivity contribution in [2.75, 3.05) is 0 Å². The second-order valence-corrected chi connectivity index (χ2v) is 16.3. The van der Waals surface area contributed by atoms with E-state index in [4.69, 9.17) is 4.98 Å². The predicted molar refractivity (Wildman–Crippen MR) is 237 cm³/mol. The van der Waals surface area contributed by atoms with Crippen LogP contribution in [0.3, 0.4) is 0 Å². The van der Waals surface area contributed by atoms with Crippen LogP contribution in [0.25, 0.3) is 54.7 Å². The number of aryl methyl sites for hydroxylation is 2. The molecule has 5 aromatic carbocycles. The van der Waals surface area contributed by atoms with Crippen LogP contribution < -0.4 is 0 Å². The van der Waals surface area contributed by atoms with E-state index in [0.29, 0.717) is 11.8 Å². The van der Waals surface area contributed by atoms with Crippen LogP contribution in [0.15, 0.2) is 96.9 Å². The van der Waals surface area contributed by atoms with Gasteiger partial charge in [-0.2, -0.15) is 0 Å². The SMILES string of the molecule is CCC(CC)C(=O)/C=C(\O)C(CC)CC.Cc1cccc(C)c1-c1cc2c3ccnc(-c4[c-]c(CC(C)C)cc(CC(C)C)c4)c3ccc2c2ccccc12.[Ir]. The Morgan fingerprint density at radius 1 is 0.679 bits per heavy atom. The van der Waals surface area contributed by atoms with E-state index in [1.807, 2.05) is 33.9 Å². The summed E-state index contributed by atoms with van der Waals surface area (Å²) in [5, 5.41) is 17.3. The van der Waals surface area contributed by atoms with Crippen molar-refractivity contribution in [2.24, 2.45) is 23.7 Å². The van der Waals surface area contributed by atoms with Gasteiger partial charge in [-0.1, -0.05) is 110 Å². The van der Waals surface area contributed by atoms with E-state index in [0.717, 1.165) is 49.8 Å². The smallest absolute Gasteiger partial charge is 0.162 e. The standard InChI is InChI=1S/C39H38N.C13H24O2.Ir/c1-24(2)18-28-20-29(19-25(3)4)22-30(21-28)39-35-15-14-33-31-12-7-8-13-32(31)37(23-36(33)34(35)16-17-40-39)38-26(5)10-9-11-27(38)6;1-5-10(6-2)12(14)9-13(15)11(7-3)8-4;/h7-17,20-21,23-25H,18-19H2,1-6H3;9-11,14H,5-8H2,1-4H3;/q-1;;/b;12-9-;.